The molecule has 2 rings (SSSR count). The molecule has 10 heteroatoms. The molecule has 1 aromatic heterocycles. The number of halogens is 3. The van der Waals surface area contributed by atoms with Crippen molar-refractivity contribution >= 4 is 17.3 Å². The Morgan fingerprint density at radius 1 is 1.41 bits per heavy atom. The summed E-state index contributed by atoms with van der Waals surface area (Å²) in [5, 5.41) is 13.8. The lowest BCUT2D eigenvalue weighted by atomic mass is 9.97. The first-order valence-corrected chi connectivity index (χ1v) is 6.34. The Balaban J connectivity index is 2.79. The van der Waals surface area contributed by atoms with Crippen molar-refractivity contribution in [3.05, 3.63) is 49.3 Å². The minimum atomic E-state index is -1.61. The van der Waals surface area contributed by atoms with Gasteiger partial charge in [-0.1, -0.05) is 32.4 Å². The Bertz CT molecular complexity index is 823. The van der Waals surface area contributed by atoms with Crippen molar-refractivity contribution in [1.82, 2.24) is 9.78 Å². The van der Waals surface area contributed by atoms with Crippen molar-refractivity contribution in [2.75, 3.05) is 0 Å². The van der Waals surface area contributed by atoms with Crippen molar-refractivity contribution in [2.24, 2.45) is 0 Å². The first kappa shape index (κ1) is 16.1. The van der Waals surface area contributed by atoms with E-state index in [1.54, 1.807) is 20.8 Å². The van der Waals surface area contributed by atoms with Crippen molar-refractivity contribution in [1.29, 1.82) is 0 Å². The molecular weight excluding hydrogens is 324 g/mol. The smallest absolute Gasteiger partial charge is 0.391 e. The molecular formula is C12H10ClF2N3O4. The van der Waals surface area contributed by atoms with Gasteiger partial charge in [0.25, 0.3) is 0 Å². The van der Waals surface area contributed by atoms with Crippen molar-refractivity contribution in [3.63, 3.8) is 0 Å². The van der Waals surface area contributed by atoms with Crippen LogP contribution >= 0.6 is 11.6 Å². The molecule has 0 aliphatic heterocycles. The summed E-state index contributed by atoms with van der Waals surface area (Å²) in [5.74, 6) is -4.12. The maximum absolute atomic E-state index is 14.2. The summed E-state index contributed by atoms with van der Waals surface area (Å²) in [6.07, 6.45) is 0. The van der Waals surface area contributed by atoms with Crippen LogP contribution < -0.4 is 5.76 Å². The number of aromatic nitrogens is 2. The van der Waals surface area contributed by atoms with E-state index >= 15 is 0 Å². The molecule has 0 amide bonds. The SMILES string of the molecule is CC(C)(C)c1nn(-c2c(F)cc(Cl)c([N+](=O)[O-])c2F)c(=O)o1. The van der Waals surface area contributed by atoms with Gasteiger partial charge in [-0.05, 0) is 0 Å². The summed E-state index contributed by atoms with van der Waals surface area (Å²) < 4.78 is 33.3. The zero-order chi connectivity index (χ0) is 16.8. The minimum absolute atomic E-state index is 0.0751. The average molecular weight is 334 g/mol. The number of hydrogen-bond acceptors (Lipinski definition) is 5. The van der Waals surface area contributed by atoms with Crippen LogP contribution in [0.15, 0.2) is 15.3 Å². The first-order valence-electron chi connectivity index (χ1n) is 5.97. The lowest BCUT2D eigenvalue weighted by Crippen LogP contribution is -2.18. The van der Waals surface area contributed by atoms with Crippen molar-refractivity contribution < 1.29 is 18.1 Å². The van der Waals surface area contributed by atoms with Crippen LogP contribution in [0.5, 0.6) is 0 Å². The molecule has 7 nitrogen and oxygen atoms in total. The minimum Gasteiger partial charge on any atom is -0.391 e. The van der Waals surface area contributed by atoms with E-state index in [1.165, 1.54) is 0 Å². The van der Waals surface area contributed by atoms with Gasteiger partial charge in [-0.15, -0.1) is 5.10 Å². The standard InChI is InChI=1S/C12H10ClF2N3O4/c1-12(2,3)10-16-17(11(19)22-10)9-6(14)4-5(13)8(7(9)15)18(20)21/h4H,1-3H3. The summed E-state index contributed by atoms with van der Waals surface area (Å²) >= 11 is 5.45. The van der Waals surface area contributed by atoms with E-state index < -0.39 is 44.1 Å². The molecule has 0 aliphatic carbocycles. The number of benzene rings is 1. The molecule has 0 saturated carbocycles. The van der Waals surface area contributed by atoms with Crippen molar-refractivity contribution in [3.8, 4) is 5.69 Å². The molecule has 0 fully saturated rings. The zero-order valence-electron chi connectivity index (χ0n) is 11.7. The van der Waals surface area contributed by atoms with Gasteiger partial charge in [0.05, 0.1) is 4.92 Å². The Labute approximate surface area is 127 Å². The molecule has 0 atom stereocenters. The monoisotopic (exact) mass is 333 g/mol. The lowest BCUT2D eigenvalue weighted by molar-refractivity contribution is -0.387. The number of nitro groups is 1. The number of nitrogens with zero attached hydrogens (tertiary/aromatic N) is 3. The average Bonchev–Trinajstić information content (AvgIpc) is 2.70. The van der Waals surface area contributed by atoms with Gasteiger partial charge in [-0.3, -0.25) is 10.1 Å². The Kier molecular flexibility index (Phi) is 3.78. The molecule has 118 valence electrons. The van der Waals surface area contributed by atoms with E-state index in [0.717, 1.165) is 0 Å². The quantitative estimate of drug-likeness (QED) is 0.622. The molecule has 0 saturated heterocycles. The molecule has 0 radical (unpaired) electrons. The molecule has 2 aromatic rings. The fraction of sp³-hybridized carbons (Fsp3) is 0.333. The van der Waals surface area contributed by atoms with Gasteiger partial charge in [-0.25, -0.2) is 9.18 Å². The van der Waals surface area contributed by atoms with E-state index in [4.69, 9.17) is 16.0 Å². The zero-order valence-corrected chi connectivity index (χ0v) is 12.4. The van der Waals surface area contributed by atoms with Crippen LogP contribution in [0.25, 0.3) is 5.69 Å². The maximum atomic E-state index is 14.2. The molecule has 0 spiro atoms. The highest BCUT2D eigenvalue weighted by atomic mass is 35.5. The van der Waals surface area contributed by atoms with E-state index in [2.05, 4.69) is 5.10 Å². The molecule has 0 N–H and O–H groups in total. The van der Waals surface area contributed by atoms with Gasteiger partial charge in [-0.2, -0.15) is 9.07 Å². The third kappa shape index (κ3) is 2.59. The lowest BCUT2D eigenvalue weighted by Gasteiger charge is -2.11. The third-order valence-electron chi connectivity index (χ3n) is 2.71. The highest BCUT2D eigenvalue weighted by molar-refractivity contribution is 6.32. The molecule has 0 bridgehead atoms. The maximum Gasteiger partial charge on any atom is 0.442 e. The summed E-state index contributed by atoms with van der Waals surface area (Å²) in [7, 11) is 0. The second kappa shape index (κ2) is 5.16. The molecule has 0 aliphatic rings. The van der Waals surface area contributed by atoms with Crippen LogP contribution in [0, 0.1) is 21.7 Å². The van der Waals surface area contributed by atoms with E-state index in [0.29, 0.717) is 10.7 Å². The molecule has 1 heterocycles. The second-order valence-corrected chi connectivity index (χ2v) is 5.85. The first-order chi connectivity index (χ1) is 10.0. The van der Waals surface area contributed by atoms with Crippen LogP contribution in [-0.2, 0) is 5.41 Å². The Hall–Kier alpha value is -2.29. The Morgan fingerprint density at radius 2 is 2.00 bits per heavy atom. The fourth-order valence-electron chi connectivity index (χ4n) is 1.65. The summed E-state index contributed by atoms with van der Waals surface area (Å²) in [6.45, 7) is 5.00. The normalized spacial score (nSPS) is 11.7. The predicted octanol–water partition coefficient (Wildman–Crippen LogP) is 2.96. The largest absolute Gasteiger partial charge is 0.442 e. The highest BCUT2D eigenvalue weighted by Gasteiger charge is 2.31. The van der Waals surface area contributed by atoms with Gasteiger partial charge in [0.1, 0.15) is 5.02 Å². The summed E-state index contributed by atoms with van der Waals surface area (Å²) in [6, 6.07) is 0.538. The number of rotatable bonds is 2. The van der Waals surface area contributed by atoms with Crippen LogP contribution in [0.1, 0.15) is 26.7 Å². The van der Waals surface area contributed by atoms with E-state index in [9.17, 15) is 23.7 Å². The van der Waals surface area contributed by atoms with Gasteiger partial charge in [0, 0.05) is 11.5 Å². The highest BCUT2D eigenvalue weighted by Crippen LogP contribution is 2.33. The van der Waals surface area contributed by atoms with Gasteiger partial charge in [0.2, 0.25) is 11.7 Å². The van der Waals surface area contributed by atoms with Crippen LogP contribution in [0.3, 0.4) is 0 Å². The Morgan fingerprint density at radius 3 is 2.45 bits per heavy atom. The predicted molar refractivity (Wildman–Crippen MR) is 72.4 cm³/mol. The topological polar surface area (TPSA) is 91.2 Å². The van der Waals surface area contributed by atoms with Crippen LogP contribution in [-0.4, -0.2) is 14.7 Å². The number of nitro benzene ring substituents is 1. The third-order valence-corrected chi connectivity index (χ3v) is 2.99. The van der Waals surface area contributed by atoms with Crippen LogP contribution in [0.2, 0.25) is 5.02 Å². The molecule has 1 aromatic carbocycles. The van der Waals surface area contributed by atoms with Gasteiger partial charge >= 0.3 is 11.4 Å². The van der Waals surface area contributed by atoms with Gasteiger partial charge < -0.3 is 4.42 Å². The van der Waals surface area contributed by atoms with Gasteiger partial charge in [0.15, 0.2) is 11.5 Å². The van der Waals surface area contributed by atoms with Crippen molar-refractivity contribution in [2.45, 2.75) is 26.2 Å². The molecule has 22 heavy (non-hydrogen) atoms. The number of hydrogen-bond donors (Lipinski definition) is 0. The van der Waals surface area contributed by atoms with E-state index in [-0.39, 0.29) is 5.89 Å². The van der Waals surface area contributed by atoms with E-state index in [1.807, 2.05) is 0 Å². The van der Waals surface area contributed by atoms with Crippen LogP contribution in [0.4, 0.5) is 14.5 Å². The second-order valence-electron chi connectivity index (χ2n) is 5.44. The molecule has 0 unspecified atom stereocenters. The fourth-order valence-corrected chi connectivity index (χ4v) is 1.90. The summed E-state index contributed by atoms with van der Waals surface area (Å²) in [5.41, 5.74) is -2.86. The summed E-state index contributed by atoms with van der Waals surface area (Å²) in [4.78, 5) is 21.5.